The smallest absolute Gasteiger partial charge is 0.308 e. The molecule has 3 atom stereocenters. The Kier molecular flexibility index (Phi) is 3.05. The Balaban J connectivity index is 1.85. The highest BCUT2D eigenvalue weighted by atomic mass is 79.9. The molecule has 2 saturated heterocycles. The second-order valence-corrected chi connectivity index (χ2v) is 5.97. The first-order valence-corrected chi connectivity index (χ1v) is 7.04. The molecule has 2 aliphatic heterocycles. The number of carboxylic acid groups (broad SMARTS) is 1. The molecule has 6 heteroatoms. The molecule has 0 aliphatic carbocycles. The topological polar surface area (TPSA) is 70.5 Å². The van der Waals surface area contributed by atoms with Crippen LogP contribution in [0.25, 0.3) is 0 Å². The van der Waals surface area contributed by atoms with Gasteiger partial charge in [0.05, 0.1) is 5.92 Å². The maximum absolute atomic E-state index is 12.4. The quantitative estimate of drug-likeness (QED) is 0.902. The van der Waals surface area contributed by atoms with Crippen molar-refractivity contribution in [2.75, 3.05) is 0 Å². The Morgan fingerprint density at radius 2 is 2.16 bits per heavy atom. The molecule has 0 spiro atoms. The molecule has 3 unspecified atom stereocenters. The summed E-state index contributed by atoms with van der Waals surface area (Å²) in [7, 11) is 0. The van der Waals surface area contributed by atoms with Gasteiger partial charge in [0.25, 0.3) is 5.91 Å². The van der Waals surface area contributed by atoms with Crippen molar-refractivity contribution in [3.05, 3.63) is 28.5 Å². The lowest BCUT2D eigenvalue weighted by molar-refractivity contribution is -0.142. The molecule has 1 aromatic heterocycles. The number of carboxylic acids is 1. The number of carbonyl (C=O) groups is 2. The minimum atomic E-state index is -0.797. The van der Waals surface area contributed by atoms with E-state index in [4.69, 9.17) is 0 Å². The lowest BCUT2D eigenvalue weighted by atomic mass is 9.89. The van der Waals surface area contributed by atoms with E-state index in [2.05, 4.69) is 20.9 Å². The third-order valence-corrected chi connectivity index (χ3v) is 4.50. The van der Waals surface area contributed by atoms with Gasteiger partial charge in [-0.2, -0.15) is 0 Å². The Morgan fingerprint density at radius 1 is 1.37 bits per heavy atom. The summed E-state index contributed by atoms with van der Waals surface area (Å²) in [6.07, 6.45) is 3.84. The van der Waals surface area contributed by atoms with E-state index in [0.29, 0.717) is 12.1 Å². The van der Waals surface area contributed by atoms with Crippen molar-refractivity contribution in [3.63, 3.8) is 0 Å². The second kappa shape index (κ2) is 4.59. The zero-order valence-corrected chi connectivity index (χ0v) is 11.7. The number of halogens is 1. The van der Waals surface area contributed by atoms with Crippen LogP contribution < -0.4 is 0 Å². The van der Waals surface area contributed by atoms with Crippen LogP contribution in [0, 0.1) is 5.92 Å². The maximum atomic E-state index is 12.4. The summed E-state index contributed by atoms with van der Waals surface area (Å²) in [5.41, 5.74) is 0.381. The minimum Gasteiger partial charge on any atom is -0.481 e. The highest BCUT2D eigenvalue weighted by molar-refractivity contribution is 9.10. The van der Waals surface area contributed by atoms with Crippen LogP contribution in [-0.4, -0.2) is 39.0 Å². The van der Waals surface area contributed by atoms with E-state index in [0.717, 1.165) is 17.3 Å². The predicted molar refractivity (Wildman–Crippen MR) is 70.7 cm³/mol. The number of aromatic nitrogens is 1. The third-order valence-electron chi connectivity index (χ3n) is 4.04. The Bertz CT molecular complexity index is 531. The first kappa shape index (κ1) is 12.6. The minimum absolute atomic E-state index is 0.0593. The Morgan fingerprint density at radius 3 is 2.74 bits per heavy atom. The molecule has 0 radical (unpaired) electrons. The van der Waals surface area contributed by atoms with E-state index in [1.807, 2.05) is 0 Å². The summed E-state index contributed by atoms with van der Waals surface area (Å²) >= 11 is 3.28. The van der Waals surface area contributed by atoms with Crippen LogP contribution in [-0.2, 0) is 4.79 Å². The average Bonchev–Trinajstić information content (AvgIpc) is 2.96. The number of pyridine rings is 1. The SMILES string of the molecule is O=C(O)C1CC2CCC1N2C(=O)c1ccc(Br)cn1. The van der Waals surface area contributed by atoms with Gasteiger partial charge in [-0.15, -0.1) is 0 Å². The maximum Gasteiger partial charge on any atom is 0.308 e. The van der Waals surface area contributed by atoms with Crippen molar-refractivity contribution < 1.29 is 14.7 Å². The van der Waals surface area contributed by atoms with Gasteiger partial charge >= 0.3 is 5.97 Å². The van der Waals surface area contributed by atoms with Crippen molar-refractivity contribution in [1.82, 2.24) is 9.88 Å². The highest BCUT2D eigenvalue weighted by Crippen LogP contribution is 2.42. The lowest BCUT2D eigenvalue weighted by Crippen LogP contribution is -2.38. The third kappa shape index (κ3) is 2.04. The van der Waals surface area contributed by atoms with Gasteiger partial charge in [0.2, 0.25) is 0 Å². The van der Waals surface area contributed by atoms with Crippen LogP contribution >= 0.6 is 15.9 Å². The molecule has 3 heterocycles. The highest BCUT2D eigenvalue weighted by Gasteiger charge is 2.51. The average molecular weight is 325 g/mol. The predicted octanol–water partition coefficient (Wildman–Crippen LogP) is 1.92. The summed E-state index contributed by atoms with van der Waals surface area (Å²) in [5, 5.41) is 9.18. The number of fused-ring (bicyclic) bond motifs is 2. The number of hydrogen-bond acceptors (Lipinski definition) is 3. The molecule has 1 amide bonds. The molecule has 100 valence electrons. The van der Waals surface area contributed by atoms with Crippen LogP contribution in [0.15, 0.2) is 22.8 Å². The summed E-state index contributed by atoms with van der Waals surface area (Å²) in [4.78, 5) is 29.5. The number of nitrogens with zero attached hydrogens (tertiary/aromatic N) is 2. The normalized spacial score (nSPS) is 28.7. The van der Waals surface area contributed by atoms with Crippen molar-refractivity contribution in [3.8, 4) is 0 Å². The van der Waals surface area contributed by atoms with Crippen LogP contribution in [0.2, 0.25) is 0 Å². The van der Waals surface area contributed by atoms with E-state index in [-0.39, 0.29) is 18.0 Å². The number of rotatable bonds is 2. The van der Waals surface area contributed by atoms with E-state index in [1.165, 1.54) is 0 Å². The fourth-order valence-electron chi connectivity index (χ4n) is 3.21. The van der Waals surface area contributed by atoms with Crippen molar-refractivity contribution >= 4 is 27.8 Å². The number of aliphatic carboxylic acids is 1. The van der Waals surface area contributed by atoms with E-state index in [1.54, 1.807) is 23.2 Å². The van der Waals surface area contributed by atoms with Gasteiger partial charge < -0.3 is 10.0 Å². The molecule has 19 heavy (non-hydrogen) atoms. The Labute approximate surface area is 118 Å². The zero-order chi connectivity index (χ0) is 13.6. The van der Waals surface area contributed by atoms with Crippen LogP contribution in [0.4, 0.5) is 0 Å². The van der Waals surface area contributed by atoms with Crippen molar-refractivity contribution in [2.45, 2.75) is 31.3 Å². The van der Waals surface area contributed by atoms with Gasteiger partial charge in [-0.3, -0.25) is 9.59 Å². The number of hydrogen-bond donors (Lipinski definition) is 1. The van der Waals surface area contributed by atoms with Gasteiger partial charge in [-0.25, -0.2) is 4.98 Å². The fourth-order valence-corrected chi connectivity index (χ4v) is 3.44. The standard InChI is InChI=1S/C13H13BrN2O3/c14-7-1-3-10(15-6-7)12(17)16-8-2-4-11(16)9(5-8)13(18)19/h1,3,6,8-9,11H,2,4-5H2,(H,18,19). The van der Waals surface area contributed by atoms with Crippen LogP contribution in [0.5, 0.6) is 0 Å². The monoisotopic (exact) mass is 324 g/mol. The van der Waals surface area contributed by atoms with Crippen LogP contribution in [0.3, 0.4) is 0 Å². The van der Waals surface area contributed by atoms with Gasteiger partial charge in [-0.05, 0) is 47.3 Å². The van der Waals surface area contributed by atoms with Gasteiger partial charge in [0.15, 0.2) is 0 Å². The summed E-state index contributed by atoms with van der Waals surface area (Å²) < 4.78 is 0.817. The molecular formula is C13H13BrN2O3. The molecule has 2 bridgehead atoms. The zero-order valence-electron chi connectivity index (χ0n) is 10.1. The van der Waals surface area contributed by atoms with Crippen LogP contribution in [0.1, 0.15) is 29.8 Å². The van der Waals surface area contributed by atoms with Gasteiger partial charge in [0, 0.05) is 22.8 Å². The van der Waals surface area contributed by atoms with Crippen molar-refractivity contribution in [1.29, 1.82) is 0 Å². The molecule has 0 saturated carbocycles. The molecule has 5 nitrogen and oxygen atoms in total. The van der Waals surface area contributed by atoms with E-state index < -0.39 is 11.9 Å². The molecule has 3 rings (SSSR count). The molecule has 0 aromatic carbocycles. The summed E-state index contributed by atoms with van der Waals surface area (Å²) in [5.74, 6) is -1.37. The summed E-state index contributed by atoms with van der Waals surface area (Å²) in [6, 6.07) is 3.33. The molecule has 2 fully saturated rings. The first-order chi connectivity index (χ1) is 9.08. The van der Waals surface area contributed by atoms with Crippen molar-refractivity contribution in [2.24, 2.45) is 5.92 Å². The van der Waals surface area contributed by atoms with E-state index in [9.17, 15) is 14.7 Å². The number of amides is 1. The fraction of sp³-hybridized carbons (Fsp3) is 0.462. The Hall–Kier alpha value is -1.43. The largest absolute Gasteiger partial charge is 0.481 e. The van der Waals surface area contributed by atoms with Gasteiger partial charge in [-0.1, -0.05) is 0 Å². The summed E-state index contributed by atoms with van der Waals surface area (Å²) in [6.45, 7) is 0. The molecule has 2 aliphatic rings. The molecule has 1 N–H and O–H groups in total. The van der Waals surface area contributed by atoms with Gasteiger partial charge in [0.1, 0.15) is 5.69 Å². The molecule has 1 aromatic rings. The molecular weight excluding hydrogens is 312 g/mol. The lowest BCUT2D eigenvalue weighted by Gasteiger charge is -2.22. The second-order valence-electron chi connectivity index (χ2n) is 5.05. The number of carbonyl (C=O) groups excluding carboxylic acids is 1. The first-order valence-electron chi connectivity index (χ1n) is 6.25. The van der Waals surface area contributed by atoms with E-state index >= 15 is 0 Å².